The molecule has 0 heterocycles. The molecule has 1 amide bonds. The van der Waals surface area contributed by atoms with Gasteiger partial charge in [0, 0.05) is 16.6 Å². The van der Waals surface area contributed by atoms with Crippen LogP contribution in [-0.4, -0.2) is 38.0 Å². The summed E-state index contributed by atoms with van der Waals surface area (Å²) in [6.45, 7) is 0.0770. The van der Waals surface area contributed by atoms with Crippen LogP contribution in [0.15, 0.2) is 59.7 Å². The van der Waals surface area contributed by atoms with E-state index in [2.05, 4.69) is 15.8 Å². The maximum Gasteiger partial charge on any atom is 0.259 e. The number of benzene rings is 3. The third-order valence-corrected chi connectivity index (χ3v) is 4.13. The van der Waals surface area contributed by atoms with Crippen molar-refractivity contribution in [2.45, 2.75) is 0 Å². The number of hydrazone groups is 1. The molecule has 0 saturated heterocycles. The van der Waals surface area contributed by atoms with Gasteiger partial charge in [-0.3, -0.25) is 4.79 Å². The third kappa shape index (κ3) is 4.32. The van der Waals surface area contributed by atoms with Gasteiger partial charge >= 0.3 is 0 Å². The van der Waals surface area contributed by atoms with Gasteiger partial charge in [-0.2, -0.15) is 5.10 Å². The standard InChI is InChI=1S/C21H21N3O4/c1-27-18-10-14(11-19(28-2)21(18)26)12-23-24-20(25)13-22-17-9-5-7-15-6-3-4-8-16(15)17/h3-12,22,26H,13H2,1-2H3,(H,24,25). The van der Waals surface area contributed by atoms with Crippen molar-refractivity contribution in [3.05, 3.63) is 60.2 Å². The van der Waals surface area contributed by atoms with Crippen molar-refractivity contribution in [3.8, 4) is 17.2 Å². The van der Waals surface area contributed by atoms with Crippen molar-refractivity contribution < 1.29 is 19.4 Å². The molecule has 0 aromatic heterocycles. The summed E-state index contributed by atoms with van der Waals surface area (Å²) < 4.78 is 10.2. The van der Waals surface area contributed by atoms with Crippen molar-refractivity contribution >= 4 is 28.6 Å². The molecule has 3 N–H and O–H groups in total. The highest BCUT2D eigenvalue weighted by molar-refractivity contribution is 5.95. The average Bonchev–Trinajstić information content (AvgIpc) is 2.73. The first-order valence-electron chi connectivity index (χ1n) is 8.61. The van der Waals surface area contributed by atoms with E-state index in [4.69, 9.17) is 9.47 Å². The lowest BCUT2D eigenvalue weighted by atomic mass is 10.1. The molecule has 7 nitrogen and oxygen atoms in total. The van der Waals surface area contributed by atoms with Gasteiger partial charge in [-0.15, -0.1) is 0 Å². The lowest BCUT2D eigenvalue weighted by Gasteiger charge is -2.09. The van der Waals surface area contributed by atoms with Gasteiger partial charge in [0.1, 0.15) is 0 Å². The molecule has 0 aliphatic carbocycles. The fraction of sp³-hybridized carbons (Fsp3) is 0.143. The smallest absolute Gasteiger partial charge is 0.259 e. The molecule has 144 valence electrons. The monoisotopic (exact) mass is 379 g/mol. The van der Waals surface area contributed by atoms with Crippen molar-refractivity contribution in [2.24, 2.45) is 5.10 Å². The molecule has 0 aliphatic rings. The Morgan fingerprint density at radius 2 is 1.75 bits per heavy atom. The number of anilines is 1. The van der Waals surface area contributed by atoms with Crippen LogP contribution in [0, 0.1) is 0 Å². The lowest BCUT2D eigenvalue weighted by molar-refractivity contribution is -0.119. The minimum atomic E-state index is -0.290. The molecule has 0 saturated carbocycles. The number of carbonyl (C=O) groups is 1. The van der Waals surface area contributed by atoms with Crippen LogP contribution >= 0.6 is 0 Å². The highest BCUT2D eigenvalue weighted by Gasteiger charge is 2.10. The van der Waals surface area contributed by atoms with E-state index in [-0.39, 0.29) is 29.7 Å². The number of hydrogen-bond donors (Lipinski definition) is 3. The van der Waals surface area contributed by atoms with Gasteiger partial charge in [0.25, 0.3) is 5.91 Å². The first-order chi connectivity index (χ1) is 13.6. The fourth-order valence-electron chi connectivity index (χ4n) is 2.76. The molecular formula is C21H21N3O4. The van der Waals surface area contributed by atoms with Crippen LogP contribution in [0.25, 0.3) is 10.8 Å². The molecule has 0 aliphatic heterocycles. The normalized spacial score (nSPS) is 10.8. The minimum absolute atomic E-state index is 0.0770. The molecule has 0 unspecified atom stereocenters. The molecule has 0 fully saturated rings. The van der Waals surface area contributed by atoms with Crippen LogP contribution < -0.4 is 20.2 Å². The van der Waals surface area contributed by atoms with Crippen LogP contribution in [0.1, 0.15) is 5.56 Å². The molecule has 0 radical (unpaired) electrons. The summed E-state index contributed by atoms with van der Waals surface area (Å²) in [7, 11) is 2.88. The number of carbonyl (C=O) groups excluding carboxylic acids is 1. The summed E-state index contributed by atoms with van der Waals surface area (Å²) in [5, 5.41) is 19.1. The molecule has 0 atom stereocenters. The van der Waals surface area contributed by atoms with Crippen molar-refractivity contribution in [1.82, 2.24) is 5.43 Å². The number of ether oxygens (including phenoxy) is 2. The fourth-order valence-corrected chi connectivity index (χ4v) is 2.76. The van der Waals surface area contributed by atoms with E-state index in [1.165, 1.54) is 20.4 Å². The SMILES string of the molecule is COc1cc(C=NNC(=O)CNc2cccc3ccccc23)cc(OC)c1O. The van der Waals surface area contributed by atoms with Crippen LogP contribution in [0.5, 0.6) is 17.2 Å². The van der Waals surface area contributed by atoms with Gasteiger partial charge in [-0.05, 0) is 23.6 Å². The first kappa shape index (κ1) is 19.0. The molecule has 3 aromatic carbocycles. The van der Waals surface area contributed by atoms with Gasteiger partial charge in [-0.1, -0.05) is 36.4 Å². The Morgan fingerprint density at radius 1 is 1.07 bits per heavy atom. The number of phenolic OH excluding ortho intramolecular Hbond substituents is 1. The van der Waals surface area contributed by atoms with Crippen LogP contribution in [0.4, 0.5) is 5.69 Å². The Morgan fingerprint density at radius 3 is 2.46 bits per heavy atom. The van der Waals surface area contributed by atoms with Gasteiger partial charge in [0.2, 0.25) is 5.75 Å². The number of methoxy groups -OCH3 is 2. The number of nitrogens with one attached hydrogen (secondary N) is 2. The highest BCUT2D eigenvalue weighted by Crippen LogP contribution is 2.36. The molecule has 3 aromatic rings. The van der Waals surface area contributed by atoms with E-state index in [0.717, 1.165) is 16.5 Å². The third-order valence-electron chi connectivity index (χ3n) is 4.13. The second kappa shape index (κ2) is 8.77. The van der Waals surface area contributed by atoms with Crippen molar-refractivity contribution in [1.29, 1.82) is 0 Å². The molecule has 28 heavy (non-hydrogen) atoms. The van der Waals surface area contributed by atoms with E-state index in [1.54, 1.807) is 12.1 Å². The molecular weight excluding hydrogens is 358 g/mol. The number of rotatable bonds is 7. The molecule has 0 bridgehead atoms. The average molecular weight is 379 g/mol. The number of aromatic hydroxyl groups is 1. The maximum absolute atomic E-state index is 12.1. The Labute approximate surface area is 162 Å². The number of phenols is 1. The molecule has 3 rings (SSSR count). The van der Waals surface area contributed by atoms with Gasteiger partial charge in [0.05, 0.1) is 27.0 Å². The predicted octanol–water partition coefficient (Wildman–Crippen LogP) is 3.12. The topological polar surface area (TPSA) is 92.2 Å². The Hall–Kier alpha value is -3.74. The zero-order valence-corrected chi connectivity index (χ0v) is 15.6. The van der Waals surface area contributed by atoms with E-state index in [9.17, 15) is 9.90 Å². The number of hydrogen-bond acceptors (Lipinski definition) is 6. The number of nitrogens with zero attached hydrogens (tertiary/aromatic N) is 1. The molecule has 7 heteroatoms. The summed E-state index contributed by atoms with van der Waals surface area (Å²) in [6, 6.07) is 17.0. The van der Waals surface area contributed by atoms with E-state index in [1.807, 2.05) is 42.5 Å². The lowest BCUT2D eigenvalue weighted by Crippen LogP contribution is -2.25. The Balaban J connectivity index is 1.61. The second-order valence-corrected chi connectivity index (χ2v) is 5.95. The minimum Gasteiger partial charge on any atom is -0.502 e. The maximum atomic E-state index is 12.1. The van der Waals surface area contributed by atoms with Crippen LogP contribution in [-0.2, 0) is 4.79 Å². The van der Waals surface area contributed by atoms with Crippen molar-refractivity contribution in [3.63, 3.8) is 0 Å². The van der Waals surface area contributed by atoms with Crippen LogP contribution in [0.2, 0.25) is 0 Å². The Kier molecular flexibility index (Phi) is 5.96. The summed E-state index contributed by atoms with van der Waals surface area (Å²) >= 11 is 0. The van der Waals surface area contributed by atoms with Gasteiger partial charge < -0.3 is 19.9 Å². The highest BCUT2D eigenvalue weighted by atomic mass is 16.5. The zero-order chi connectivity index (χ0) is 19.9. The van der Waals surface area contributed by atoms with Gasteiger partial charge in [-0.25, -0.2) is 5.43 Å². The zero-order valence-electron chi connectivity index (χ0n) is 15.6. The van der Waals surface area contributed by atoms with Gasteiger partial charge in [0.15, 0.2) is 11.5 Å². The predicted molar refractivity (Wildman–Crippen MR) is 109 cm³/mol. The molecule has 0 spiro atoms. The summed E-state index contributed by atoms with van der Waals surface area (Å²) in [5.74, 6) is 0.127. The van der Waals surface area contributed by atoms with E-state index >= 15 is 0 Å². The Bertz CT molecular complexity index is 987. The first-order valence-corrected chi connectivity index (χ1v) is 8.61. The quantitative estimate of drug-likeness (QED) is 0.433. The number of fused-ring (bicyclic) bond motifs is 1. The second-order valence-electron chi connectivity index (χ2n) is 5.95. The largest absolute Gasteiger partial charge is 0.502 e. The van der Waals surface area contributed by atoms with E-state index in [0.29, 0.717) is 5.56 Å². The van der Waals surface area contributed by atoms with Crippen molar-refractivity contribution in [2.75, 3.05) is 26.1 Å². The number of amides is 1. The van der Waals surface area contributed by atoms with E-state index < -0.39 is 0 Å². The summed E-state index contributed by atoms with van der Waals surface area (Å²) in [4.78, 5) is 12.1. The van der Waals surface area contributed by atoms with Crippen LogP contribution in [0.3, 0.4) is 0 Å². The summed E-state index contributed by atoms with van der Waals surface area (Å²) in [6.07, 6.45) is 1.44. The summed E-state index contributed by atoms with van der Waals surface area (Å²) in [5.41, 5.74) is 3.95.